The molecule has 1 aromatic rings. The average molecular weight is 273 g/mol. The first kappa shape index (κ1) is 14.0. The monoisotopic (exact) mass is 273 g/mol. The van der Waals surface area contributed by atoms with Gasteiger partial charge in [-0.2, -0.15) is 5.26 Å². The van der Waals surface area contributed by atoms with E-state index in [1.54, 1.807) is 6.07 Å². The van der Waals surface area contributed by atoms with Crippen molar-refractivity contribution in [3.05, 3.63) is 29.8 Å². The van der Waals surface area contributed by atoms with E-state index in [2.05, 4.69) is 10.6 Å². The fourth-order valence-corrected chi connectivity index (χ4v) is 2.02. The number of nitriles is 1. The molecule has 0 saturated carbocycles. The van der Waals surface area contributed by atoms with Crippen molar-refractivity contribution >= 4 is 11.8 Å². The number of nitrogens with one attached hydrogen (secondary N) is 2. The van der Waals surface area contributed by atoms with Crippen LogP contribution in [0.5, 0.6) is 5.75 Å². The Kier molecular flexibility index (Phi) is 4.69. The van der Waals surface area contributed by atoms with Gasteiger partial charge in [0.1, 0.15) is 11.8 Å². The van der Waals surface area contributed by atoms with Crippen molar-refractivity contribution in [1.29, 1.82) is 5.26 Å². The highest BCUT2D eigenvalue weighted by Crippen LogP contribution is 2.18. The van der Waals surface area contributed by atoms with Gasteiger partial charge in [0.05, 0.1) is 6.04 Å². The van der Waals surface area contributed by atoms with Crippen LogP contribution in [-0.4, -0.2) is 24.5 Å². The molecule has 0 aliphatic carbocycles. The Morgan fingerprint density at radius 3 is 2.95 bits per heavy atom. The van der Waals surface area contributed by atoms with Gasteiger partial charge in [-0.1, -0.05) is 18.2 Å². The smallest absolute Gasteiger partial charge is 0.243 e. The number of imide groups is 1. The van der Waals surface area contributed by atoms with E-state index in [4.69, 9.17) is 10.00 Å². The molecule has 1 aliphatic heterocycles. The maximum atomic E-state index is 11.6. The number of para-hydroxylation sites is 1. The largest absolute Gasteiger partial charge is 0.478 e. The summed E-state index contributed by atoms with van der Waals surface area (Å²) >= 11 is 0. The lowest BCUT2D eigenvalue weighted by atomic mass is 10.1. The molecular weight excluding hydrogens is 258 g/mol. The molecule has 0 aromatic heterocycles. The second-order valence-corrected chi connectivity index (χ2v) is 4.44. The second kappa shape index (κ2) is 6.68. The Morgan fingerprint density at radius 1 is 1.40 bits per heavy atom. The molecule has 2 rings (SSSR count). The van der Waals surface area contributed by atoms with Crippen LogP contribution in [-0.2, 0) is 16.1 Å². The first-order chi connectivity index (χ1) is 9.70. The Morgan fingerprint density at radius 2 is 2.20 bits per heavy atom. The lowest BCUT2D eigenvalue weighted by molar-refractivity contribution is -0.134. The summed E-state index contributed by atoms with van der Waals surface area (Å²) in [6, 6.07) is 8.87. The van der Waals surface area contributed by atoms with Crippen molar-refractivity contribution in [2.75, 3.05) is 6.61 Å². The first-order valence-electron chi connectivity index (χ1n) is 6.35. The number of rotatable bonds is 5. The van der Waals surface area contributed by atoms with Gasteiger partial charge in [-0.15, -0.1) is 0 Å². The predicted molar refractivity (Wildman–Crippen MR) is 70.6 cm³/mol. The van der Waals surface area contributed by atoms with E-state index in [0.717, 1.165) is 5.56 Å². The number of nitrogens with zero attached hydrogens (tertiary/aromatic N) is 1. The summed E-state index contributed by atoms with van der Waals surface area (Å²) in [5, 5.41) is 13.9. The quantitative estimate of drug-likeness (QED) is 0.762. The fraction of sp³-hybridized carbons (Fsp3) is 0.357. The van der Waals surface area contributed by atoms with E-state index >= 15 is 0 Å². The van der Waals surface area contributed by atoms with Gasteiger partial charge < -0.3 is 10.1 Å². The number of piperidine rings is 1. The van der Waals surface area contributed by atoms with Gasteiger partial charge in [-0.05, 0) is 12.5 Å². The van der Waals surface area contributed by atoms with Gasteiger partial charge in [-0.25, -0.2) is 0 Å². The molecule has 1 unspecified atom stereocenters. The average Bonchev–Trinajstić information content (AvgIpc) is 2.45. The standard InChI is InChI=1S/C14H15N3O3/c15-7-8-20-12-4-2-1-3-10(12)9-16-11-5-6-13(18)17-14(11)19/h1-4,11,16H,5-6,8-9H2,(H,17,18,19). The number of benzene rings is 1. The van der Waals surface area contributed by atoms with Crippen LogP contribution in [0.3, 0.4) is 0 Å². The summed E-state index contributed by atoms with van der Waals surface area (Å²) < 4.78 is 5.31. The van der Waals surface area contributed by atoms with Crippen molar-refractivity contribution in [3.8, 4) is 11.8 Å². The SMILES string of the molecule is N#CCOc1ccccc1CNC1CCC(=O)NC1=O. The molecule has 1 aromatic carbocycles. The van der Waals surface area contributed by atoms with Gasteiger partial charge in [0.25, 0.3) is 0 Å². The first-order valence-corrected chi connectivity index (χ1v) is 6.35. The second-order valence-electron chi connectivity index (χ2n) is 4.44. The van der Waals surface area contributed by atoms with E-state index in [9.17, 15) is 9.59 Å². The maximum Gasteiger partial charge on any atom is 0.243 e. The van der Waals surface area contributed by atoms with Crippen molar-refractivity contribution in [3.63, 3.8) is 0 Å². The number of carbonyl (C=O) groups is 2. The zero-order chi connectivity index (χ0) is 14.4. The highest BCUT2D eigenvalue weighted by molar-refractivity contribution is 6.00. The Hall–Kier alpha value is -2.39. The van der Waals surface area contributed by atoms with E-state index < -0.39 is 0 Å². The number of hydrogen-bond acceptors (Lipinski definition) is 5. The lowest BCUT2D eigenvalue weighted by Crippen LogP contribution is -2.50. The van der Waals surface area contributed by atoms with Crippen LogP contribution in [0.15, 0.2) is 24.3 Å². The minimum atomic E-state index is -0.378. The summed E-state index contributed by atoms with van der Waals surface area (Å²) in [5.41, 5.74) is 0.868. The van der Waals surface area contributed by atoms with Crippen LogP contribution in [0.4, 0.5) is 0 Å². The van der Waals surface area contributed by atoms with E-state index in [1.165, 1.54) is 0 Å². The van der Waals surface area contributed by atoms with Crippen LogP contribution >= 0.6 is 0 Å². The minimum Gasteiger partial charge on any atom is -0.478 e. The van der Waals surface area contributed by atoms with Gasteiger partial charge in [0, 0.05) is 18.5 Å². The molecule has 1 fully saturated rings. The topological polar surface area (TPSA) is 91.2 Å². The minimum absolute atomic E-state index is 0.0184. The molecule has 0 bridgehead atoms. The van der Waals surface area contributed by atoms with Crippen LogP contribution in [0.25, 0.3) is 0 Å². The Labute approximate surface area is 116 Å². The molecule has 1 saturated heterocycles. The molecule has 0 spiro atoms. The van der Waals surface area contributed by atoms with E-state index in [0.29, 0.717) is 25.1 Å². The summed E-state index contributed by atoms with van der Waals surface area (Å²) in [4.78, 5) is 22.7. The van der Waals surface area contributed by atoms with Gasteiger partial charge in [0.2, 0.25) is 11.8 Å². The van der Waals surface area contributed by atoms with Crippen molar-refractivity contribution < 1.29 is 14.3 Å². The summed E-state index contributed by atoms with van der Waals surface area (Å²) in [7, 11) is 0. The number of amides is 2. The molecule has 2 amide bonds. The highest BCUT2D eigenvalue weighted by Gasteiger charge is 2.25. The van der Waals surface area contributed by atoms with Crippen LogP contribution < -0.4 is 15.4 Å². The Bertz CT molecular complexity index is 551. The molecule has 0 radical (unpaired) electrons. The third kappa shape index (κ3) is 3.56. The summed E-state index contributed by atoms with van der Waals surface area (Å²) in [6.07, 6.45) is 0.835. The van der Waals surface area contributed by atoms with Gasteiger partial charge in [0.15, 0.2) is 6.61 Å². The van der Waals surface area contributed by atoms with Crippen molar-refractivity contribution in [2.24, 2.45) is 0 Å². The van der Waals surface area contributed by atoms with E-state index in [-0.39, 0.29) is 24.5 Å². The molecule has 1 aliphatic rings. The molecule has 20 heavy (non-hydrogen) atoms. The fourth-order valence-electron chi connectivity index (χ4n) is 2.02. The molecule has 2 N–H and O–H groups in total. The molecule has 1 atom stereocenters. The van der Waals surface area contributed by atoms with Crippen LogP contribution in [0.1, 0.15) is 18.4 Å². The van der Waals surface area contributed by atoms with Gasteiger partial charge >= 0.3 is 0 Å². The van der Waals surface area contributed by atoms with Gasteiger partial charge in [-0.3, -0.25) is 14.9 Å². The molecule has 1 heterocycles. The third-order valence-corrected chi connectivity index (χ3v) is 3.04. The molecule has 6 nitrogen and oxygen atoms in total. The van der Waals surface area contributed by atoms with Crippen LogP contribution in [0, 0.1) is 11.3 Å². The van der Waals surface area contributed by atoms with Crippen LogP contribution in [0.2, 0.25) is 0 Å². The molecule has 104 valence electrons. The highest BCUT2D eigenvalue weighted by atomic mass is 16.5. The van der Waals surface area contributed by atoms with Crippen molar-refractivity contribution in [1.82, 2.24) is 10.6 Å². The predicted octanol–water partition coefficient (Wildman–Crippen LogP) is 0.484. The summed E-state index contributed by atoms with van der Waals surface area (Å²) in [6.45, 7) is 0.420. The Balaban J connectivity index is 1.95. The molecular formula is C14H15N3O3. The normalized spacial score (nSPS) is 18.2. The number of hydrogen-bond donors (Lipinski definition) is 2. The zero-order valence-corrected chi connectivity index (χ0v) is 10.9. The maximum absolute atomic E-state index is 11.6. The lowest BCUT2D eigenvalue weighted by Gasteiger charge is -2.22. The molecule has 6 heteroatoms. The number of carbonyl (C=O) groups excluding carboxylic acids is 2. The van der Waals surface area contributed by atoms with E-state index in [1.807, 2.05) is 24.3 Å². The third-order valence-electron chi connectivity index (χ3n) is 3.04. The van der Waals surface area contributed by atoms with Crippen molar-refractivity contribution in [2.45, 2.75) is 25.4 Å². The number of ether oxygens (including phenoxy) is 1. The zero-order valence-electron chi connectivity index (χ0n) is 10.9. The summed E-state index contributed by atoms with van der Waals surface area (Å²) in [5.74, 6) is 0.0938.